The van der Waals surface area contributed by atoms with Crippen LogP contribution in [0.15, 0.2) is 12.1 Å². The Balaban J connectivity index is 2.64. The number of hydrogen-bond donors (Lipinski definition) is 1. The second kappa shape index (κ2) is 7.34. The molecule has 102 valence electrons. The molecule has 1 heterocycles. The van der Waals surface area contributed by atoms with Crippen LogP contribution in [0.2, 0.25) is 0 Å². The molecule has 0 aliphatic heterocycles. The standard InChI is InChI=1S/C14H25N3O/c1-11(2)15-10-13-14(7-6-12(3)16-13)18-9-8-17(4)5/h6-7,11,15H,8-10H2,1-5H3. The third-order valence-electron chi connectivity index (χ3n) is 2.55. The van der Waals surface area contributed by atoms with Gasteiger partial charge in [0, 0.05) is 24.8 Å². The summed E-state index contributed by atoms with van der Waals surface area (Å²) in [4.78, 5) is 6.65. The van der Waals surface area contributed by atoms with Gasteiger partial charge in [-0.15, -0.1) is 0 Å². The molecule has 0 aliphatic rings. The maximum atomic E-state index is 5.79. The number of hydrogen-bond acceptors (Lipinski definition) is 4. The molecule has 0 atom stereocenters. The lowest BCUT2D eigenvalue weighted by atomic mass is 10.2. The smallest absolute Gasteiger partial charge is 0.142 e. The van der Waals surface area contributed by atoms with E-state index in [1.54, 1.807) is 0 Å². The van der Waals surface area contributed by atoms with E-state index in [1.807, 2.05) is 33.2 Å². The van der Waals surface area contributed by atoms with Gasteiger partial charge in [-0.05, 0) is 33.2 Å². The molecule has 1 aromatic rings. The summed E-state index contributed by atoms with van der Waals surface area (Å²) in [6.45, 7) is 8.60. The molecule has 4 heteroatoms. The van der Waals surface area contributed by atoms with Crippen molar-refractivity contribution < 1.29 is 4.74 Å². The molecule has 1 N–H and O–H groups in total. The first-order chi connectivity index (χ1) is 8.49. The highest BCUT2D eigenvalue weighted by Gasteiger charge is 2.06. The first-order valence-corrected chi connectivity index (χ1v) is 6.46. The van der Waals surface area contributed by atoms with Gasteiger partial charge in [0.1, 0.15) is 12.4 Å². The van der Waals surface area contributed by atoms with Crippen LogP contribution in [0.5, 0.6) is 5.75 Å². The normalized spacial score (nSPS) is 11.3. The number of rotatable bonds is 7. The summed E-state index contributed by atoms with van der Waals surface area (Å²) in [5.74, 6) is 0.885. The fraction of sp³-hybridized carbons (Fsp3) is 0.643. The number of aromatic nitrogens is 1. The Labute approximate surface area is 110 Å². The number of likely N-dealkylation sites (N-methyl/N-ethyl adjacent to an activating group) is 1. The van der Waals surface area contributed by atoms with Gasteiger partial charge in [-0.1, -0.05) is 13.8 Å². The van der Waals surface area contributed by atoms with E-state index in [2.05, 4.69) is 29.0 Å². The Bertz CT molecular complexity index is 364. The third kappa shape index (κ3) is 5.47. The highest BCUT2D eigenvalue weighted by molar-refractivity contribution is 5.29. The highest BCUT2D eigenvalue weighted by Crippen LogP contribution is 2.16. The maximum Gasteiger partial charge on any atom is 0.142 e. The van der Waals surface area contributed by atoms with E-state index in [1.165, 1.54) is 0 Å². The van der Waals surface area contributed by atoms with Crippen LogP contribution >= 0.6 is 0 Å². The molecule has 0 saturated heterocycles. The average molecular weight is 251 g/mol. The summed E-state index contributed by atoms with van der Waals surface area (Å²) >= 11 is 0. The van der Waals surface area contributed by atoms with Crippen LogP contribution in [0.4, 0.5) is 0 Å². The van der Waals surface area contributed by atoms with Gasteiger partial charge in [0.05, 0.1) is 5.69 Å². The SMILES string of the molecule is Cc1ccc(OCCN(C)C)c(CNC(C)C)n1. The van der Waals surface area contributed by atoms with Gasteiger partial charge in [0.25, 0.3) is 0 Å². The van der Waals surface area contributed by atoms with Crippen LogP contribution < -0.4 is 10.1 Å². The topological polar surface area (TPSA) is 37.4 Å². The Kier molecular flexibility index (Phi) is 6.09. The van der Waals surface area contributed by atoms with Gasteiger partial charge in [-0.25, -0.2) is 0 Å². The number of ether oxygens (including phenoxy) is 1. The van der Waals surface area contributed by atoms with E-state index < -0.39 is 0 Å². The van der Waals surface area contributed by atoms with Crippen molar-refractivity contribution in [2.75, 3.05) is 27.2 Å². The fourth-order valence-corrected chi connectivity index (χ4v) is 1.49. The number of pyridine rings is 1. The van der Waals surface area contributed by atoms with Crippen molar-refractivity contribution in [1.82, 2.24) is 15.2 Å². The molecule has 0 unspecified atom stereocenters. The first kappa shape index (κ1) is 14.9. The molecule has 0 aliphatic carbocycles. The fourth-order valence-electron chi connectivity index (χ4n) is 1.49. The molecule has 0 amide bonds. The number of nitrogens with zero attached hydrogens (tertiary/aromatic N) is 2. The Hall–Kier alpha value is -1.13. The van der Waals surface area contributed by atoms with E-state index in [-0.39, 0.29) is 0 Å². The third-order valence-corrected chi connectivity index (χ3v) is 2.55. The van der Waals surface area contributed by atoms with Crippen LogP contribution in [0, 0.1) is 6.92 Å². The van der Waals surface area contributed by atoms with Gasteiger partial charge in [-0.3, -0.25) is 4.98 Å². The van der Waals surface area contributed by atoms with Crippen LogP contribution in [0.25, 0.3) is 0 Å². The van der Waals surface area contributed by atoms with Gasteiger partial charge in [-0.2, -0.15) is 0 Å². The van der Waals surface area contributed by atoms with Crippen molar-refractivity contribution in [2.24, 2.45) is 0 Å². The molecule has 1 rings (SSSR count). The Morgan fingerprint density at radius 2 is 2.06 bits per heavy atom. The van der Waals surface area contributed by atoms with Crippen molar-refractivity contribution >= 4 is 0 Å². The van der Waals surface area contributed by atoms with Gasteiger partial charge >= 0.3 is 0 Å². The van der Waals surface area contributed by atoms with Crippen LogP contribution in [-0.2, 0) is 6.54 Å². The summed E-state index contributed by atoms with van der Waals surface area (Å²) < 4.78 is 5.79. The van der Waals surface area contributed by atoms with Gasteiger partial charge < -0.3 is 15.0 Å². The lowest BCUT2D eigenvalue weighted by Crippen LogP contribution is -2.24. The molecule has 0 aromatic carbocycles. The second-order valence-corrected chi connectivity index (χ2v) is 5.08. The average Bonchev–Trinajstić information content (AvgIpc) is 2.28. The predicted octanol–water partition coefficient (Wildman–Crippen LogP) is 1.83. The maximum absolute atomic E-state index is 5.79. The number of nitrogens with one attached hydrogen (secondary N) is 1. The summed E-state index contributed by atoms with van der Waals surface area (Å²) in [5.41, 5.74) is 2.01. The van der Waals surface area contributed by atoms with Crippen molar-refractivity contribution in [1.29, 1.82) is 0 Å². The summed E-state index contributed by atoms with van der Waals surface area (Å²) in [6, 6.07) is 4.45. The summed E-state index contributed by atoms with van der Waals surface area (Å²) in [7, 11) is 4.08. The minimum Gasteiger partial charge on any atom is -0.490 e. The summed E-state index contributed by atoms with van der Waals surface area (Å²) in [6.07, 6.45) is 0. The zero-order valence-electron chi connectivity index (χ0n) is 12.2. The summed E-state index contributed by atoms with van der Waals surface area (Å²) in [5, 5.41) is 3.38. The Morgan fingerprint density at radius 3 is 2.67 bits per heavy atom. The minimum atomic E-state index is 0.446. The minimum absolute atomic E-state index is 0.446. The molecule has 0 bridgehead atoms. The zero-order chi connectivity index (χ0) is 13.5. The molecule has 4 nitrogen and oxygen atoms in total. The quantitative estimate of drug-likeness (QED) is 0.802. The molecule has 0 spiro atoms. The first-order valence-electron chi connectivity index (χ1n) is 6.46. The molecular formula is C14H25N3O. The van der Waals surface area contributed by atoms with Crippen molar-refractivity contribution in [2.45, 2.75) is 33.4 Å². The van der Waals surface area contributed by atoms with Gasteiger partial charge in [0.15, 0.2) is 0 Å². The number of aryl methyl sites for hydroxylation is 1. The highest BCUT2D eigenvalue weighted by atomic mass is 16.5. The second-order valence-electron chi connectivity index (χ2n) is 5.08. The Morgan fingerprint density at radius 1 is 1.33 bits per heavy atom. The monoisotopic (exact) mass is 251 g/mol. The largest absolute Gasteiger partial charge is 0.490 e. The van der Waals surface area contributed by atoms with Crippen LogP contribution in [0.1, 0.15) is 25.2 Å². The lowest BCUT2D eigenvalue weighted by Gasteiger charge is -2.15. The van der Waals surface area contributed by atoms with Gasteiger partial charge in [0.2, 0.25) is 0 Å². The van der Waals surface area contributed by atoms with E-state index in [9.17, 15) is 0 Å². The van der Waals surface area contributed by atoms with E-state index >= 15 is 0 Å². The molecule has 0 fully saturated rings. The molecule has 1 aromatic heterocycles. The van der Waals surface area contributed by atoms with Crippen molar-refractivity contribution in [3.63, 3.8) is 0 Å². The van der Waals surface area contributed by atoms with E-state index in [0.717, 1.165) is 30.2 Å². The van der Waals surface area contributed by atoms with Crippen molar-refractivity contribution in [3.8, 4) is 5.75 Å². The van der Waals surface area contributed by atoms with E-state index in [0.29, 0.717) is 12.6 Å². The molecule has 0 saturated carbocycles. The molecule has 18 heavy (non-hydrogen) atoms. The zero-order valence-corrected chi connectivity index (χ0v) is 12.2. The van der Waals surface area contributed by atoms with E-state index in [4.69, 9.17) is 4.74 Å². The predicted molar refractivity (Wildman–Crippen MR) is 75.0 cm³/mol. The molecule has 0 radical (unpaired) electrons. The van der Waals surface area contributed by atoms with Crippen LogP contribution in [-0.4, -0.2) is 43.2 Å². The van der Waals surface area contributed by atoms with Crippen LogP contribution in [0.3, 0.4) is 0 Å². The molecular weight excluding hydrogens is 226 g/mol. The lowest BCUT2D eigenvalue weighted by molar-refractivity contribution is 0.258. The van der Waals surface area contributed by atoms with Crippen molar-refractivity contribution in [3.05, 3.63) is 23.5 Å².